The second kappa shape index (κ2) is 6.05. The Labute approximate surface area is 121 Å². The Hall–Kier alpha value is -1.56. The van der Waals surface area contributed by atoms with Crippen LogP contribution in [0.5, 0.6) is 0 Å². The predicted molar refractivity (Wildman–Crippen MR) is 71.6 cm³/mol. The molecule has 1 aliphatic heterocycles. The molecule has 1 N–H and O–H groups in total. The first-order valence-electron chi connectivity index (χ1n) is 6.91. The normalized spacial score (nSPS) is 23.9. The van der Waals surface area contributed by atoms with E-state index in [1.807, 2.05) is 6.92 Å². The number of benzene rings is 1. The summed E-state index contributed by atoms with van der Waals surface area (Å²) < 4.78 is 44.3. The van der Waals surface area contributed by atoms with Crippen LogP contribution in [0.15, 0.2) is 24.3 Å². The van der Waals surface area contributed by atoms with Gasteiger partial charge in [0.2, 0.25) is 5.91 Å². The SMILES string of the molecule is CC1CCC(C(=O)NC(C)c2ccccc2C(F)(F)F)O1. The maximum Gasteiger partial charge on any atom is 0.416 e. The molecule has 3 atom stereocenters. The highest BCUT2D eigenvalue weighted by Gasteiger charge is 2.35. The van der Waals surface area contributed by atoms with Crippen LogP contribution in [0.2, 0.25) is 0 Å². The van der Waals surface area contributed by atoms with Crippen LogP contribution in [0.3, 0.4) is 0 Å². The average Bonchev–Trinajstić information content (AvgIpc) is 2.84. The zero-order chi connectivity index (χ0) is 15.6. The average molecular weight is 301 g/mol. The quantitative estimate of drug-likeness (QED) is 0.928. The van der Waals surface area contributed by atoms with Crippen LogP contribution < -0.4 is 5.32 Å². The first kappa shape index (κ1) is 15.8. The van der Waals surface area contributed by atoms with Gasteiger partial charge in [0, 0.05) is 0 Å². The van der Waals surface area contributed by atoms with Crippen molar-refractivity contribution in [2.45, 2.75) is 51.1 Å². The van der Waals surface area contributed by atoms with E-state index in [-0.39, 0.29) is 17.6 Å². The Bertz CT molecular complexity index is 516. The van der Waals surface area contributed by atoms with E-state index in [4.69, 9.17) is 4.74 Å². The lowest BCUT2D eigenvalue weighted by atomic mass is 10.0. The van der Waals surface area contributed by atoms with Crippen LogP contribution in [-0.2, 0) is 15.7 Å². The number of rotatable bonds is 3. The number of nitrogens with one attached hydrogen (secondary N) is 1. The fourth-order valence-corrected chi connectivity index (χ4v) is 2.51. The molecule has 1 saturated heterocycles. The molecule has 0 spiro atoms. The minimum absolute atomic E-state index is 0.0125. The molecule has 6 heteroatoms. The summed E-state index contributed by atoms with van der Waals surface area (Å²) in [5.41, 5.74) is -0.664. The second-order valence-corrected chi connectivity index (χ2v) is 5.33. The molecule has 3 nitrogen and oxygen atoms in total. The zero-order valence-corrected chi connectivity index (χ0v) is 11.9. The summed E-state index contributed by atoms with van der Waals surface area (Å²) in [6, 6.07) is 4.54. The van der Waals surface area contributed by atoms with Gasteiger partial charge in [-0.1, -0.05) is 18.2 Å². The van der Waals surface area contributed by atoms with Crippen molar-refractivity contribution in [2.75, 3.05) is 0 Å². The molecular formula is C15H18F3NO2. The summed E-state index contributed by atoms with van der Waals surface area (Å²) in [5, 5.41) is 2.61. The van der Waals surface area contributed by atoms with Crippen molar-refractivity contribution in [1.29, 1.82) is 0 Å². The third-order valence-corrected chi connectivity index (χ3v) is 3.62. The number of amides is 1. The largest absolute Gasteiger partial charge is 0.416 e. The minimum atomic E-state index is -4.44. The van der Waals surface area contributed by atoms with Crippen molar-refractivity contribution < 1.29 is 22.7 Å². The van der Waals surface area contributed by atoms with Crippen molar-refractivity contribution in [3.63, 3.8) is 0 Å². The summed E-state index contributed by atoms with van der Waals surface area (Å²) in [4.78, 5) is 12.0. The molecule has 2 rings (SSSR count). The van der Waals surface area contributed by atoms with Crippen molar-refractivity contribution in [1.82, 2.24) is 5.32 Å². The standard InChI is InChI=1S/C15H18F3NO2/c1-9-7-8-13(21-9)14(20)19-10(2)11-5-3-4-6-12(11)15(16,17)18/h3-6,9-10,13H,7-8H2,1-2H3,(H,19,20). The number of ether oxygens (including phenoxy) is 1. The fraction of sp³-hybridized carbons (Fsp3) is 0.533. The molecule has 1 heterocycles. The van der Waals surface area contributed by atoms with Crippen molar-refractivity contribution in [2.24, 2.45) is 0 Å². The lowest BCUT2D eigenvalue weighted by Gasteiger charge is -2.21. The van der Waals surface area contributed by atoms with Gasteiger partial charge in [0.25, 0.3) is 0 Å². The molecule has 0 saturated carbocycles. The van der Waals surface area contributed by atoms with E-state index in [0.717, 1.165) is 12.5 Å². The Balaban J connectivity index is 2.10. The van der Waals surface area contributed by atoms with Crippen LogP contribution in [0.1, 0.15) is 43.9 Å². The van der Waals surface area contributed by atoms with Gasteiger partial charge < -0.3 is 10.1 Å². The van der Waals surface area contributed by atoms with Crippen LogP contribution in [-0.4, -0.2) is 18.1 Å². The Morgan fingerprint density at radius 1 is 1.33 bits per heavy atom. The summed E-state index contributed by atoms with van der Waals surface area (Å²) in [7, 11) is 0. The number of alkyl halides is 3. The molecule has 0 aliphatic carbocycles. The first-order chi connectivity index (χ1) is 9.79. The lowest BCUT2D eigenvalue weighted by molar-refractivity contribution is -0.139. The van der Waals surface area contributed by atoms with Gasteiger partial charge in [0.15, 0.2) is 0 Å². The molecular weight excluding hydrogens is 283 g/mol. The summed E-state index contributed by atoms with van der Waals surface area (Å²) in [6.45, 7) is 3.41. The van der Waals surface area contributed by atoms with Gasteiger partial charge in [-0.25, -0.2) is 0 Å². The molecule has 3 unspecified atom stereocenters. The number of hydrogen-bond acceptors (Lipinski definition) is 2. The van der Waals surface area contributed by atoms with E-state index in [0.29, 0.717) is 6.42 Å². The van der Waals surface area contributed by atoms with Gasteiger partial charge >= 0.3 is 6.18 Å². The second-order valence-electron chi connectivity index (χ2n) is 5.33. The van der Waals surface area contributed by atoms with Crippen LogP contribution in [0, 0.1) is 0 Å². The number of halogens is 3. The third-order valence-electron chi connectivity index (χ3n) is 3.62. The predicted octanol–water partition coefficient (Wildman–Crippen LogP) is 3.45. The summed E-state index contributed by atoms with van der Waals surface area (Å²) in [6.07, 6.45) is -3.61. The lowest BCUT2D eigenvalue weighted by Crippen LogP contribution is -2.36. The van der Waals surface area contributed by atoms with Crippen LogP contribution in [0.4, 0.5) is 13.2 Å². The maximum atomic E-state index is 13.0. The molecule has 1 aromatic carbocycles. The first-order valence-corrected chi connectivity index (χ1v) is 6.91. The van der Waals surface area contributed by atoms with E-state index in [1.54, 1.807) is 6.92 Å². The molecule has 21 heavy (non-hydrogen) atoms. The zero-order valence-electron chi connectivity index (χ0n) is 11.9. The van der Waals surface area contributed by atoms with Gasteiger partial charge in [-0.3, -0.25) is 4.79 Å². The van der Waals surface area contributed by atoms with Crippen molar-refractivity contribution >= 4 is 5.91 Å². The summed E-state index contributed by atoms with van der Waals surface area (Å²) >= 11 is 0. The number of hydrogen-bond donors (Lipinski definition) is 1. The highest BCUT2D eigenvalue weighted by molar-refractivity contribution is 5.81. The van der Waals surface area contributed by atoms with Crippen molar-refractivity contribution in [3.05, 3.63) is 35.4 Å². The molecule has 0 radical (unpaired) electrons. The number of carbonyl (C=O) groups is 1. The molecule has 116 valence electrons. The minimum Gasteiger partial charge on any atom is -0.365 e. The molecule has 1 aromatic rings. The Morgan fingerprint density at radius 3 is 2.57 bits per heavy atom. The van der Waals surface area contributed by atoms with E-state index >= 15 is 0 Å². The highest BCUT2D eigenvalue weighted by Crippen LogP contribution is 2.34. The molecule has 1 aliphatic rings. The van der Waals surface area contributed by atoms with Gasteiger partial charge in [-0.05, 0) is 38.3 Å². The van der Waals surface area contributed by atoms with E-state index in [9.17, 15) is 18.0 Å². The maximum absolute atomic E-state index is 13.0. The van der Waals surface area contributed by atoms with Crippen LogP contribution in [0.25, 0.3) is 0 Å². The topological polar surface area (TPSA) is 38.3 Å². The monoisotopic (exact) mass is 301 g/mol. The Kier molecular flexibility index (Phi) is 4.56. The van der Waals surface area contributed by atoms with E-state index in [2.05, 4.69) is 5.32 Å². The molecule has 0 aromatic heterocycles. The van der Waals surface area contributed by atoms with E-state index in [1.165, 1.54) is 18.2 Å². The van der Waals surface area contributed by atoms with E-state index < -0.39 is 23.9 Å². The van der Waals surface area contributed by atoms with Gasteiger partial charge in [-0.15, -0.1) is 0 Å². The van der Waals surface area contributed by atoms with Crippen molar-refractivity contribution in [3.8, 4) is 0 Å². The summed E-state index contributed by atoms with van der Waals surface area (Å²) in [5.74, 6) is -0.358. The van der Waals surface area contributed by atoms with Gasteiger partial charge in [-0.2, -0.15) is 13.2 Å². The van der Waals surface area contributed by atoms with Gasteiger partial charge in [0.05, 0.1) is 17.7 Å². The number of carbonyl (C=O) groups excluding carboxylic acids is 1. The van der Waals surface area contributed by atoms with Gasteiger partial charge in [0.1, 0.15) is 6.10 Å². The third kappa shape index (κ3) is 3.75. The molecule has 1 amide bonds. The smallest absolute Gasteiger partial charge is 0.365 e. The molecule has 1 fully saturated rings. The highest BCUT2D eigenvalue weighted by atomic mass is 19.4. The molecule has 0 bridgehead atoms. The Morgan fingerprint density at radius 2 is 2.00 bits per heavy atom. The van der Waals surface area contributed by atoms with Crippen LogP contribution >= 0.6 is 0 Å². The fourth-order valence-electron chi connectivity index (χ4n) is 2.51.